The molecule has 2 aromatic heterocycles. The van der Waals surface area contributed by atoms with Gasteiger partial charge in [0.1, 0.15) is 11.1 Å². The molecule has 1 amide bonds. The van der Waals surface area contributed by atoms with Gasteiger partial charge in [0.15, 0.2) is 11.6 Å². The van der Waals surface area contributed by atoms with Crippen molar-refractivity contribution in [3.63, 3.8) is 0 Å². The molecule has 0 spiro atoms. The number of carbonyl (C=O) groups is 1. The minimum atomic E-state index is -0.397. The van der Waals surface area contributed by atoms with E-state index in [-0.39, 0.29) is 17.7 Å². The summed E-state index contributed by atoms with van der Waals surface area (Å²) in [6.45, 7) is 0.748. The first kappa shape index (κ1) is 12.1. The molecular formula is C11H12N4O3S. The quantitative estimate of drug-likeness (QED) is 0.888. The third-order valence-electron chi connectivity index (χ3n) is 2.72. The van der Waals surface area contributed by atoms with Crippen LogP contribution >= 0.6 is 11.3 Å². The predicted molar refractivity (Wildman–Crippen MR) is 68.9 cm³/mol. The van der Waals surface area contributed by atoms with Gasteiger partial charge in [-0.05, 0) is 18.9 Å². The topological polar surface area (TPSA) is 103 Å². The van der Waals surface area contributed by atoms with E-state index in [0.717, 1.165) is 24.5 Å². The van der Waals surface area contributed by atoms with Gasteiger partial charge < -0.3 is 14.9 Å². The van der Waals surface area contributed by atoms with Crippen LogP contribution in [0.1, 0.15) is 34.5 Å². The fourth-order valence-corrected chi connectivity index (χ4v) is 2.64. The van der Waals surface area contributed by atoms with E-state index in [1.165, 1.54) is 23.5 Å². The Kier molecular flexibility index (Phi) is 3.18. The Bertz CT molecular complexity index is 588. The summed E-state index contributed by atoms with van der Waals surface area (Å²) in [5.74, 6) is -0.0550. The van der Waals surface area contributed by atoms with Crippen molar-refractivity contribution in [3.8, 4) is 0 Å². The van der Waals surface area contributed by atoms with Crippen molar-refractivity contribution >= 4 is 28.3 Å². The number of nitrogens with zero attached hydrogens (tertiary/aromatic N) is 2. The van der Waals surface area contributed by atoms with Crippen LogP contribution in [0.3, 0.4) is 0 Å². The normalized spacial score (nSPS) is 18.6. The predicted octanol–water partition coefficient (Wildman–Crippen LogP) is 1.82. The van der Waals surface area contributed by atoms with Crippen LogP contribution in [0, 0.1) is 0 Å². The zero-order valence-corrected chi connectivity index (χ0v) is 10.8. The van der Waals surface area contributed by atoms with E-state index >= 15 is 0 Å². The van der Waals surface area contributed by atoms with E-state index in [9.17, 15) is 4.79 Å². The first-order valence-electron chi connectivity index (χ1n) is 5.84. The highest BCUT2D eigenvalue weighted by Crippen LogP contribution is 2.32. The Hall–Kier alpha value is -1.93. The first-order chi connectivity index (χ1) is 9.22. The summed E-state index contributed by atoms with van der Waals surface area (Å²) in [5, 5.41) is 11.8. The van der Waals surface area contributed by atoms with Gasteiger partial charge >= 0.3 is 0 Å². The molecule has 1 fully saturated rings. The molecule has 1 saturated heterocycles. The average molecular weight is 280 g/mol. The molecule has 1 unspecified atom stereocenters. The summed E-state index contributed by atoms with van der Waals surface area (Å²) in [7, 11) is 0. The molecule has 19 heavy (non-hydrogen) atoms. The maximum Gasteiger partial charge on any atom is 0.293 e. The summed E-state index contributed by atoms with van der Waals surface area (Å²) in [4.78, 5) is 11.8. The average Bonchev–Trinajstić information content (AvgIpc) is 3.07. The van der Waals surface area contributed by atoms with Crippen molar-refractivity contribution in [2.45, 2.75) is 18.9 Å². The van der Waals surface area contributed by atoms with Crippen molar-refractivity contribution in [2.75, 3.05) is 17.7 Å². The van der Waals surface area contributed by atoms with Crippen LogP contribution in [0.25, 0.3) is 0 Å². The van der Waals surface area contributed by atoms with Crippen LogP contribution in [0.2, 0.25) is 0 Å². The number of ether oxygens (including phenoxy) is 1. The van der Waals surface area contributed by atoms with Crippen LogP contribution in [-0.4, -0.2) is 22.7 Å². The summed E-state index contributed by atoms with van der Waals surface area (Å²) in [6.07, 6.45) is 1.97. The molecule has 0 radical (unpaired) electrons. The van der Waals surface area contributed by atoms with Crippen molar-refractivity contribution in [1.29, 1.82) is 0 Å². The number of hydrogen-bond acceptors (Lipinski definition) is 7. The molecule has 3 N–H and O–H groups in total. The zero-order valence-electron chi connectivity index (χ0n) is 9.96. The second-order valence-electron chi connectivity index (χ2n) is 4.10. The van der Waals surface area contributed by atoms with E-state index in [0.29, 0.717) is 5.13 Å². The second-order valence-corrected chi connectivity index (χ2v) is 5.11. The highest BCUT2D eigenvalue weighted by atomic mass is 32.1. The minimum absolute atomic E-state index is 0.00223. The van der Waals surface area contributed by atoms with E-state index in [2.05, 4.69) is 15.5 Å². The summed E-state index contributed by atoms with van der Waals surface area (Å²) in [5.41, 5.74) is 5.41. The standard InChI is InChI=1S/C11H12N4O3S/c12-8-4-3-6(18-8)9(16)13-11-15-14-10(19-11)7-2-1-5-17-7/h3-4,7H,1-2,5,12H2,(H,13,15,16). The molecule has 1 aliphatic rings. The Morgan fingerprint density at radius 1 is 1.47 bits per heavy atom. The lowest BCUT2D eigenvalue weighted by molar-refractivity contribution is 0.0997. The SMILES string of the molecule is Nc1ccc(C(=O)Nc2nnc(C3CCCO3)s2)o1. The molecule has 0 aromatic carbocycles. The van der Waals surface area contributed by atoms with Gasteiger partial charge in [0.25, 0.3) is 5.91 Å². The van der Waals surface area contributed by atoms with Crippen molar-refractivity contribution in [2.24, 2.45) is 0 Å². The molecule has 7 nitrogen and oxygen atoms in total. The minimum Gasteiger partial charge on any atom is -0.436 e. The fraction of sp³-hybridized carbons (Fsp3) is 0.364. The molecule has 100 valence electrons. The zero-order chi connectivity index (χ0) is 13.2. The van der Waals surface area contributed by atoms with Crippen LogP contribution in [0.4, 0.5) is 11.0 Å². The lowest BCUT2D eigenvalue weighted by Gasteiger charge is -2.02. The van der Waals surface area contributed by atoms with E-state index in [4.69, 9.17) is 14.9 Å². The number of nitrogen functional groups attached to an aromatic ring is 1. The molecule has 0 saturated carbocycles. The fourth-order valence-electron chi connectivity index (χ4n) is 1.82. The Labute approximate surface area is 112 Å². The number of nitrogens with one attached hydrogen (secondary N) is 1. The van der Waals surface area contributed by atoms with Crippen molar-refractivity contribution in [3.05, 3.63) is 22.9 Å². The summed E-state index contributed by atoms with van der Waals surface area (Å²) >= 11 is 1.31. The maximum atomic E-state index is 11.8. The molecule has 0 aliphatic carbocycles. The molecular weight excluding hydrogens is 268 g/mol. The van der Waals surface area contributed by atoms with Gasteiger partial charge in [-0.15, -0.1) is 10.2 Å². The first-order valence-corrected chi connectivity index (χ1v) is 6.65. The smallest absolute Gasteiger partial charge is 0.293 e. The van der Waals surface area contributed by atoms with Crippen molar-refractivity contribution in [1.82, 2.24) is 10.2 Å². The van der Waals surface area contributed by atoms with Crippen LogP contribution in [0.5, 0.6) is 0 Å². The largest absolute Gasteiger partial charge is 0.436 e. The highest BCUT2D eigenvalue weighted by Gasteiger charge is 2.22. The number of furan rings is 1. The Morgan fingerprint density at radius 2 is 2.37 bits per heavy atom. The van der Waals surface area contributed by atoms with Crippen LogP contribution in [-0.2, 0) is 4.74 Å². The molecule has 2 aromatic rings. The van der Waals surface area contributed by atoms with E-state index in [1.54, 1.807) is 0 Å². The van der Waals surface area contributed by atoms with E-state index in [1.807, 2.05) is 0 Å². The van der Waals surface area contributed by atoms with Crippen LogP contribution < -0.4 is 11.1 Å². The molecule has 3 rings (SSSR count). The summed E-state index contributed by atoms with van der Waals surface area (Å²) in [6, 6.07) is 3.03. The Balaban J connectivity index is 1.68. The molecule has 8 heteroatoms. The monoisotopic (exact) mass is 280 g/mol. The van der Waals surface area contributed by atoms with Gasteiger partial charge in [-0.1, -0.05) is 11.3 Å². The number of hydrogen-bond donors (Lipinski definition) is 2. The Morgan fingerprint density at radius 3 is 3.05 bits per heavy atom. The number of carbonyl (C=O) groups excluding carboxylic acids is 1. The van der Waals surface area contributed by atoms with Crippen LogP contribution in [0.15, 0.2) is 16.5 Å². The molecule has 3 heterocycles. The van der Waals surface area contributed by atoms with Gasteiger partial charge in [0, 0.05) is 12.7 Å². The summed E-state index contributed by atoms with van der Waals surface area (Å²) < 4.78 is 10.5. The number of anilines is 2. The lowest BCUT2D eigenvalue weighted by Crippen LogP contribution is -2.10. The molecule has 1 atom stereocenters. The van der Waals surface area contributed by atoms with E-state index < -0.39 is 5.91 Å². The van der Waals surface area contributed by atoms with Gasteiger partial charge in [-0.3, -0.25) is 10.1 Å². The number of rotatable bonds is 3. The maximum absolute atomic E-state index is 11.8. The second kappa shape index (κ2) is 4.98. The molecule has 1 aliphatic heterocycles. The number of aromatic nitrogens is 2. The van der Waals surface area contributed by atoms with Gasteiger partial charge in [0.05, 0.1) is 0 Å². The number of nitrogens with two attached hydrogens (primary N) is 1. The van der Waals surface area contributed by atoms with Crippen molar-refractivity contribution < 1.29 is 13.9 Å². The number of amides is 1. The van der Waals surface area contributed by atoms with Gasteiger partial charge in [0.2, 0.25) is 5.13 Å². The van der Waals surface area contributed by atoms with Gasteiger partial charge in [-0.2, -0.15) is 0 Å². The van der Waals surface area contributed by atoms with Gasteiger partial charge in [-0.25, -0.2) is 0 Å². The third-order valence-corrected chi connectivity index (χ3v) is 3.65. The molecule has 0 bridgehead atoms. The highest BCUT2D eigenvalue weighted by molar-refractivity contribution is 7.15. The third kappa shape index (κ3) is 2.59. The lowest BCUT2D eigenvalue weighted by atomic mass is 10.2.